The number of hydrogen-bond donors (Lipinski definition) is 3. The van der Waals surface area contributed by atoms with E-state index in [-0.39, 0.29) is 17.9 Å². The molecule has 5 aromatic rings. The second-order valence-electron chi connectivity index (χ2n) is 10.1. The van der Waals surface area contributed by atoms with Gasteiger partial charge in [-0.2, -0.15) is 16.7 Å². The number of nitrogens with one attached hydrogen (secondary N) is 1. The molecule has 39 heavy (non-hydrogen) atoms. The highest BCUT2D eigenvalue weighted by Gasteiger charge is 2.25. The van der Waals surface area contributed by atoms with Gasteiger partial charge in [0.25, 0.3) is 5.56 Å². The molecule has 0 atom stereocenters. The van der Waals surface area contributed by atoms with Crippen LogP contribution in [0, 0.1) is 5.82 Å². The Bertz CT molecular complexity index is 1870. The molecule has 2 aromatic carbocycles. The van der Waals surface area contributed by atoms with Gasteiger partial charge in [-0.3, -0.25) is 9.36 Å². The molecule has 0 amide bonds. The quantitative estimate of drug-likeness (QED) is 0.271. The predicted molar refractivity (Wildman–Crippen MR) is 155 cm³/mol. The second-order valence-corrected chi connectivity index (χ2v) is 11.3. The maximum absolute atomic E-state index is 15.2. The molecule has 9 heteroatoms. The summed E-state index contributed by atoms with van der Waals surface area (Å²) in [5.41, 5.74) is 11.5. The van der Waals surface area contributed by atoms with Gasteiger partial charge in [0.15, 0.2) is 0 Å². The fraction of sp³-hybridized carbons (Fsp3) is 0.233. The van der Waals surface area contributed by atoms with E-state index in [2.05, 4.69) is 21.0 Å². The second kappa shape index (κ2) is 9.36. The van der Waals surface area contributed by atoms with Crippen LogP contribution >= 0.6 is 11.8 Å². The van der Waals surface area contributed by atoms with Crippen molar-refractivity contribution in [2.75, 3.05) is 17.2 Å². The van der Waals surface area contributed by atoms with E-state index in [4.69, 9.17) is 5.73 Å². The van der Waals surface area contributed by atoms with Gasteiger partial charge in [0.1, 0.15) is 11.5 Å². The lowest BCUT2D eigenvalue weighted by atomic mass is 9.99. The number of allylic oxidation sites excluding steroid dienone is 1. The molecule has 0 radical (unpaired) electrons. The van der Waals surface area contributed by atoms with Gasteiger partial charge < -0.3 is 15.8 Å². The van der Waals surface area contributed by atoms with Gasteiger partial charge in [0, 0.05) is 34.2 Å². The van der Waals surface area contributed by atoms with Gasteiger partial charge in [-0.05, 0) is 71.7 Å². The third-order valence-corrected chi connectivity index (χ3v) is 8.56. The molecule has 4 heterocycles. The molecule has 1 fully saturated rings. The maximum atomic E-state index is 15.2. The van der Waals surface area contributed by atoms with E-state index in [1.165, 1.54) is 16.2 Å². The summed E-state index contributed by atoms with van der Waals surface area (Å²) in [6.07, 6.45) is 6.92. The number of fused-ring (bicyclic) bond motifs is 2. The summed E-state index contributed by atoms with van der Waals surface area (Å²) >= 11 is 1.90. The molecule has 1 saturated carbocycles. The van der Waals surface area contributed by atoms with Crippen molar-refractivity contribution >= 4 is 45.1 Å². The number of rotatable bonds is 5. The number of aliphatic hydroxyl groups is 1. The van der Waals surface area contributed by atoms with Crippen LogP contribution < -0.4 is 11.3 Å². The smallest absolute Gasteiger partial charge is 0.265 e. The van der Waals surface area contributed by atoms with Crippen LogP contribution in [0.15, 0.2) is 59.5 Å². The number of nitrogens with zero attached hydrogens (tertiary/aromatic N) is 3. The van der Waals surface area contributed by atoms with Crippen molar-refractivity contribution in [3.8, 4) is 16.9 Å². The first kappa shape index (κ1) is 24.1. The highest BCUT2D eigenvalue weighted by Crippen LogP contribution is 2.41. The number of thioether (sulfide) groups is 1. The first-order chi connectivity index (χ1) is 19.0. The maximum Gasteiger partial charge on any atom is 0.265 e. The third kappa shape index (κ3) is 4.13. The van der Waals surface area contributed by atoms with Gasteiger partial charge in [0.2, 0.25) is 5.95 Å². The normalized spacial score (nSPS) is 15.7. The van der Waals surface area contributed by atoms with Crippen LogP contribution in [0.2, 0.25) is 0 Å². The molecule has 4 N–H and O–H groups in total. The number of halogens is 1. The lowest BCUT2D eigenvalue weighted by Crippen LogP contribution is -2.20. The molecule has 0 unspecified atom stereocenters. The Hall–Kier alpha value is -3.95. The molecule has 196 valence electrons. The Morgan fingerprint density at radius 1 is 1.18 bits per heavy atom. The summed E-state index contributed by atoms with van der Waals surface area (Å²) in [6, 6.07) is 12.6. The molecule has 3 aromatic heterocycles. The molecule has 1 aliphatic carbocycles. The van der Waals surface area contributed by atoms with E-state index in [1.807, 2.05) is 30.0 Å². The van der Waals surface area contributed by atoms with Crippen LogP contribution in [0.5, 0.6) is 0 Å². The number of nitrogens with two attached hydrogens (primary N) is 1. The number of aromatic nitrogens is 4. The van der Waals surface area contributed by atoms with Crippen molar-refractivity contribution in [2.24, 2.45) is 0 Å². The molecule has 7 rings (SSSR count). The Morgan fingerprint density at radius 2 is 2.05 bits per heavy atom. The zero-order valence-electron chi connectivity index (χ0n) is 21.1. The lowest BCUT2D eigenvalue weighted by molar-refractivity contribution is 0.282. The standard InChI is InChI=1S/C30H26FN5O2S/c31-23-13-19(16-4-5-16)12-18-6-9-36(29(38)26(18)23)25-3-1-2-20(22(25)15-37)27-21-14-24(17-7-10-39-11-8-17)33-28(21)35-30(32)34-27/h1-3,6-7,9,12-14,16,37H,4-5,8,10-11,15H2,(H3,32,33,34,35). The first-order valence-electron chi connectivity index (χ1n) is 13.0. The SMILES string of the molecule is Nc1nc(-c2cccc(-n3ccc4cc(C5CC5)cc(F)c4c3=O)c2CO)c2cc(C3=CCSCC3)[nH]c2n1. The summed E-state index contributed by atoms with van der Waals surface area (Å²) in [5.74, 6) is 1.98. The van der Waals surface area contributed by atoms with E-state index < -0.39 is 11.4 Å². The largest absolute Gasteiger partial charge is 0.392 e. The Kier molecular flexibility index (Phi) is 5.79. The number of aliphatic hydroxyl groups excluding tert-OH is 1. The van der Waals surface area contributed by atoms with Crippen LogP contribution in [-0.4, -0.2) is 36.1 Å². The minimum absolute atomic E-state index is 0.0408. The fourth-order valence-electron chi connectivity index (χ4n) is 5.56. The van der Waals surface area contributed by atoms with E-state index >= 15 is 4.39 Å². The van der Waals surface area contributed by atoms with Gasteiger partial charge in [-0.1, -0.05) is 24.3 Å². The van der Waals surface area contributed by atoms with Crippen molar-refractivity contribution in [1.29, 1.82) is 0 Å². The topological polar surface area (TPSA) is 110 Å². The number of anilines is 1. The average molecular weight is 540 g/mol. The average Bonchev–Trinajstić information content (AvgIpc) is 3.71. The summed E-state index contributed by atoms with van der Waals surface area (Å²) in [4.78, 5) is 25.9. The van der Waals surface area contributed by atoms with Gasteiger partial charge in [-0.15, -0.1) is 0 Å². The number of nitrogen functional groups attached to an aromatic ring is 1. The number of hydrogen-bond acceptors (Lipinski definition) is 6. The molecule has 7 nitrogen and oxygen atoms in total. The Labute approximate surface area is 227 Å². The van der Waals surface area contributed by atoms with E-state index in [1.54, 1.807) is 24.4 Å². The van der Waals surface area contributed by atoms with E-state index in [9.17, 15) is 9.90 Å². The van der Waals surface area contributed by atoms with Crippen LogP contribution in [0.1, 0.15) is 42.0 Å². The minimum Gasteiger partial charge on any atom is -0.392 e. The zero-order valence-corrected chi connectivity index (χ0v) is 21.9. The van der Waals surface area contributed by atoms with Crippen molar-refractivity contribution in [3.63, 3.8) is 0 Å². The van der Waals surface area contributed by atoms with Crippen LogP contribution in [-0.2, 0) is 6.61 Å². The number of pyridine rings is 1. The highest BCUT2D eigenvalue weighted by atomic mass is 32.2. The summed E-state index contributed by atoms with van der Waals surface area (Å²) < 4.78 is 16.6. The van der Waals surface area contributed by atoms with Gasteiger partial charge >= 0.3 is 0 Å². The van der Waals surface area contributed by atoms with Crippen LogP contribution in [0.4, 0.5) is 10.3 Å². The molecule has 0 saturated heterocycles. The van der Waals surface area contributed by atoms with E-state index in [0.717, 1.165) is 47.4 Å². The highest BCUT2D eigenvalue weighted by molar-refractivity contribution is 7.99. The lowest BCUT2D eigenvalue weighted by Gasteiger charge is -2.16. The van der Waals surface area contributed by atoms with Crippen LogP contribution in [0.3, 0.4) is 0 Å². The first-order valence-corrected chi connectivity index (χ1v) is 14.2. The number of H-pyrrole nitrogens is 1. The van der Waals surface area contributed by atoms with E-state index in [0.29, 0.717) is 39.5 Å². The van der Waals surface area contributed by atoms with Crippen molar-refractivity contribution in [1.82, 2.24) is 19.5 Å². The zero-order chi connectivity index (χ0) is 26.7. The predicted octanol–water partition coefficient (Wildman–Crippen LogP) is 5.54. The summed E-state index contributed by atoms with van der Waals surface area (Å²) in [5, 5.41) is 11.9. The summed E-state index contributed by atoms with van der Waals surface area (Å²) in [6.45, 7) is -0.357. The minimum atomic E-state index is -0.518. The van der Waals surface area contributed by atoms with Crippen LogP contribution in [0.25, 0.3) is 44.3 Å². The molecular formula is C30H26FN5O2S. The van der Waals surface area contributed by atoms with Gasteiger partial charge in [-0.25, -0.2) is 9.37 Å². The molecule has 0 spiro atoms. The molecule has 1 aliphatic heterocycles. The third-order valence-electron chi connectivity index (χ3n) is 7.67. The van der Waals surface area contributed by atoms with Gasteiger partial charge in [0.05, 0.1) is 23.4 Å². The Morgan fingerprint density at radius 3 is 2.82 bits per heavy atom. The monoisotopic (exact) mass is 539 g/mol. The van der Waals surface area contributed by atoms with Crippen molar-refractivity contribution in [2.45, 2.75) is 31.8 Å². The number of benzene rings is 2. The van der Waals surface area contributed by atoms with Crippen molar-refractivity contribution < 1.29 is 9.50 Å². The molecule has 2 aliphatic rings. The summed E-state index contributed by atoms with van der Waals surface area (Å²) in [7, 11) is 0. The number of aromatic amines is 1. The molecular weight excluding hydrogens is 513 g/mol. The van der Waals surface area contributed by atoms with Crippen molar-refractivity contribution in [3.05, 3.63) is 87.7 Å². The molecule has 0 bridgehead atoms. The fourth-order valence-corrected chi connectivity index (χ4v) is 6.41. The Balaban J connectivity index is 1.40.